The van der Waals surface area contributed by atoms with Gasteiger partial charge in [0.05, 0.1) is 6.54 Å². The van der Waals surface area contributed by atoms with Crippen molar-refractivity contribution in [3.8, 4) is 0 Å². The molecule has 1 aromatic carbocycles. The second-order valence-electron chi connectivity index (χ2n) is 10.5. The number of halogens is 1. The molecule has 1 aromatic heterocycles. The van der Waals surface area contributed by atoms with Crippen molar-refractivity contribution in [1.82, 2.24) is 14.4 Å². The van der Waals surface area contributed by atoms with Gasteiger partial charge in [0, 0.05) is 43.5 Å². The van der Waals surface area contributed by atoms with Gasteiger partial charge in [0.2, 0.25) is 11.8 Å². The zero-order valence-electron chi connectivity index (χ0n) is 20.7. The maximum absolute atomic E-state index is 14.8. The Kier molecular flexibility index (Phi) is 7.98. The molecule has 2 amide bonds. The summed E-state index contributed by atoms with van der Waals surface area (Å²) in [6.07, 6.45) is 4.13. The minimum atomic E-state index is -0.499. The summed E-state index contributed by atoms with van der Waals surface area (Å²) in [5.74, 6) is -0.199. The molecule has 0 radical (unpaired) electrons. The van der Waals surface area contributed by atoms with E-state index >= 15 is 0 Å². The van der Waals surface area contributed by atoms with Crippen LogP contribution in [-0.4, -0.2) is 45.8 Å². The molecule has 2 atom stereocenters. The predicted octanol–water partition coefficient (Wildman–Crippen LogP) is 5.26. The summed E-state index contributed by atoms with van der Waals surface area (Å²) >= 11 is 0. The van der Waals surface area contributed by atoms with Crippen LogP contribution in [0.15, 0.2) is 42.6 Å². The average Bonchev–Trinajstić information content (AvgIpc) is 3.20. The fourth-order valence-corrected chi connectivity index (χ4v) is 5.04. The Morgan fingerprint density at radius 1 is 1.15 bits per heavy atom. The molecule has 2 unspecified atom stereocenters. The highest BCUT2D eigenvalue weighted by atomic mass is 19.1. The maximum atomic E-state index is 14.8. The van der Waals surface area contributed by atoms with Crippen molar-refractivity contribution in [2.24, 2.45) is 11.3 Å². The lowest BCUT2D eigenvalue weighted by molar-refractivity contribution is -0.142. The minimum Gasteiger partial charge on any atom is -0.348 e. The molecule has 6 heteroatoms. The molecule has 0 bridgehead atoms. The molecule has 0 saturated carbocycles. The molecule has 0 N–H and O–H groups in total. The van der Waals surface area contributed by atoms with Gasteiger partial charge in [-0.25, -0.2) is 4.39 Å². The van der Waals surface area contributed by atoms with E-state index in [1.54, 1.807) is 28.0 Å². The number of benzene rings is 1. The van der Waals surface area contributed by atoms with Crippen LogP contribution in [0.5, 0.6) is 0 Å². The molecule has 180 valence electrons. The van der Waals surface area contributed by atoms with E-state index in [1.807, 2.05) is 25.3 Å². The number of hydrogen-bond acceptors (Lipinski definition) is 2. The fraction of sp³-hybridized carbons (Fsp3) is 0.556. The number of rotatable bonds is 8. The van der Waals surface area contributed by atoms with Crippen molar-refractivity contribution in [2.75, 3.05) is 19.6 Å². The van der Waals surface area contributed by atoms with Crippen LogP contribution in [0.1, 0.15) is 71.2 Å². The van der Waals surface area contributed by atoms with Crippen LogP contribution in [0.25, 0.3) is 0 Å². The Hall–Kier alpha value is -2.63. The summed E-state index contributed by atoms with van der Waals surface area (Å²) < 4.78 is 16.9. The highest BCUT2D eigenvalue weighted by Gasteiger charge is 2.34. The molecule has 0 spiro atoms. The summed E-state index contributed by atoms with van der Waals surface area (Å²) in [5.41, 5.74) is 1.53. The van der Waals surface area contributed by atoms with Gasteiger partial charge in [-0.05, 0) is 42.4 Å². The van der Waals surface area contributed by atoms with Crippen LogP contribution in [-0.2, 0) is 16.1 Å². The Morgan fingerprint density at radius 3 is 2.55 bits per heavy atom. The van der Waals surface area contributed by atoms with Gasteiger partial charge in [0.25, 0.3) is 0 Å². The molecular formula is C27H38FN3O2. The molecule has 0 saturated heterocycles. The Labute approximate surface area is 197 Å². The van der Waals surface area contributed by atoms with Gasteiger partial charge in [0.15, 0.2) is 0 Å². The van der Waals surface area contributed by atoms with Crippen LogP contribution in [0, 0.1) is 17.2 Å². The monoisotopic (exact) mass is 455 g/mol. The zero-order chi connectivity index (χ0) is 24.2. The number of nitrogens with zero attached hydrogens (tertiary/aromatic N) is 3. The predicted molar refractivity (Wildman–Crippen MR) is 129 cm³/mol. The SMILES string of the molecule is CCCN(CC(=O)N1CCn2cccc2C1c1ccccc1F)C(=O)CC(C)CC(C)(C)C. The Balaban J connectivity index is 1.80. The molecule has 33 heavy (non-hydrogen) atoms. The molecule has 1 aliphatic rings. The Morgan fingerprint density at radius 2 is 1.88 bits per heavy atom. The normalized spacial score (nSPS) is 16.9. The van der Waals surface area contributed by atoms with Crippen molar-refractivity contribution in [2.45, 2.75) is 66.5 Å². The van der Waals surface area contributed by atoms with Crippen molar-refractivity contribution in [3.63, 3.8) is 0 Å². The molecule has 2 heterocycles. The van der Waals surface area contributed by atoms with E-state index in [0.29, 0.717) is 31.6 Å². The van der Waals surface area contributed by atoms with Crippen molar-refractivity contribution < 1.29 is 14.0 Å². The molecule has 2 aromatic rings. The second kappa shape index (κ2) is 10.5. The van der Waals surface area contributed by atoms with Gasteiger partial charge in [-0.1, -0.05) is 52.8 Å². The van der Waals surface area contributed by atoms with E-state index in [0.717, 1.165) is 18.5 Å². The summed E-state index contributed by atoms with van der Waals surface area (Å²) in [4.78, 5) is 30.1. The number of carbonyl (C=O) groups excluding carboxylic acids is 2. The summed E-state index contributed by atoms with van der Waals surface area (Å²) in [5, 5.41) is 0. The first-order valence-electron chi connectivity index (χ1n) is 12.1. The smallest absolute Gasteiger partial charge is 0.243 e. The van der Waals surface area contributed by atoms with E-state index in [9.17, 15) is 14.0 Å². The fourth-order valence-electron chi connectivity index (χ4n) is 5.04. The molecule has 3 rings (SSSR count). The van der Waals surface area contributed by atoms with Crippen LogP contribution in [0.2, 0.25) is 0 Å². The number of amides is 2. The standard InChI is InChI=1S/C27H38FN3O2/c1-6-13-30(24(32)17-20(2)18-27(3,4)5)19-25(33)31-16-15-29-14-9-12-23(29)26(31)21-10-7-8-11-22(21)28/h7-12,14,20,26H,6,13,15-19H2,1-5H3. The largest absolute Gasteiger partial charge is 0.348 e. The lowest BCUT2D eigenvalue weighted by Crippen LogP contribution is -2.48. The van der Waals surface area contributed by atoms with Gasteiger partial charge in [-0.3, -0.25) is 9.59 Å². The third kappa shape index (κ3) is 6.24. The number of hydrogen-bond donors (Lipinski definition) is 0. The molecule has 1 aliphatic heterocycles. The Bertz CT molecular complexity index is 962. The van der Waals surface area contributed by atoms with Crippen LogP contribution in [0.4, 0.5) is 4.39 Å². The first-order chi connectivity index (χ1) is 15.6. The van der Waals surface area contributed by atoms with E-state index in [1.165, 1.54) is 6.07 Å². The van der Waals surface area contributed by atoms with Gasteiger partial charge >= 0.3 is 0 Å². The van der Waals surface area contributed by atoms with Gasteiger partial charge in [-0.2, -0.15) is 0 Å². The summed E-state index contributed by atoms with van der Waals surface area (Å²) in [6.45, 7) is 12.4. The molecule has 0 aliphatic carbocycles. The zero-order valence-corrected chi connectivity index (χ0v) is 20.7. The topological polar surface area (TPSA) is 45.6 Å². The number of carbonyl (C=O) groups is 2. The van der Waals surface area contributed by atoms with Gasteiger partial charge in [0.1, 0.15) is 11.9 Å². The van der Waals surface area contributed by atoms with E-state index in [4.69, 9.17) is 0 Å². The van der Waals surface area contributed by atoms with Crippen LogP contribution >= 0.6 is 0 Å². The number of fused-ring (bicyclic) bond motifs is 1. The number of aromatic nitrogens is 1. The average molecular weight is 456 g/mol. The highest BCUT2D eigenvalue weighted by molar-refractivity contribution is 5.85. The lowest BCUT2D eigenvalue weighted by atomic mass is 9.84. The quantitative estimate of drug-likeness (QED) is 0.545. The van der Waals surface area contributed by atoms with Gasteiger partial charge in [-0.15, -0.1) is 0 Å². The second-order valence-corrected chi connectivity index (χ2v) is 10.5. The first kappa shape index (κ1) is 25.0. The van der Waals surface area contributed by atoms with Crippen LogP contribution in [0.3, 0.4) is 0 Å². The van der Waals surface area contributed by atoms with Crippen molar-refractivity contribution in [3.05, 3.63) is 59.7 Å². The van der Waals surface area contributed by atoms with Crippen molar-refractivity contribution >= 4 is 11.8 Å². The van der Waals surface area contributed by atoms with E-state index in [-0.39, 0.29) is 35.5 Å². The summed E-state index contributed by atoms with van der Waals surface area (Å²) in [7, 11) is 0. The molecular weight excluding hydrogens is 417 g/mol. The maximum Gasteiger partial charge on any atom is 0.243 e. The highest BCUT2D eigenvalue weighted by Crippen LogP contribution is 2.34. The lowest BCUT2D eigenvalue weighted by Gasteiger charge is -2.38. The van der Waals surface area contributed by atoms with Gasteiger partial charge < -0.3 is 14.4 Å². The van der Waals surface area contributed by atoms with Crippen LogP contribution < -0.4 is 0 Å². The van der Waals surface area contributed by atoms with E-state index in [2.05, 4.69) is 32.3 Å². The summed E-state index contributed by atoms with van der Waals surface area (Å²) in [6, 6.07) is 10.0. The molecule has 0 fully saturated rings. The third-order valence-corrected chi connectivity index (χ3v) is 6.21. The van der Waals surface area contributed by atoms with E-state index < -0.39 is 6.04 Å². The first-order valence-corrected chi connectivity index (χ1v) is 12.1. The van der Waals surface area contributed by atoms with Crippen molar-refractivity contribution in [1.29, 1.82) is 0 Å². The third-order valence-electron chi connectivity index (χ3n) is 6.21. The minimum absolute atomic E-state index is 0.0183. The molecule has 5 nitrogen and oxygen atoms in total.